The molecule has 0 radical (unpaired) electrons. The van der Waals surface area contributed by atoms with Crippen LogP contribution in [0.3, 0.4) is 0 Å². The van der Waals surface area contributed by atoms with Gasteiger partial charge in [0.2, 0.25) is 11.9 Å². The van der Waals surface area contributed by atoms with Crippen LogP contribution in [-0.4, -0.2) is 36.8 Å². The molecule has 0 spiro atoms. The fourth-order valence-electron chi connectivity index (χ4n) is 3.77. The van der Waals surface area contributed by atoms with Crippen LogP contribution >= 0.6 is 0 Å². The summed E-state index contributed by atoms with van der Waals surface area (Å²) in [5, 5.41) is 16.6. The Labute approximate surface area is 165 Å². The maximum absolute atomic E-state index is 9.70. The zero-order chi connectivity index (χ0) is 19.7. The molecule has 0 aliphatic heterocycles. The molecule has 4 rings (SSSR count). The number of aromatic nitrogens is 4. The molecule has 0 amide bonds. The number of benzene rings is 1. The van der Waals surface area contributed by atoms with Crippen molar-refractivity contribution < 1.29 is 5.11 Å². The van der Waals surface area contributed by atoms with E-state index in [1.165, 1.54) is 0 Å². The highest BCUT2D eigenvalue weighted by atomic mass is 16.3. The van der Waals surface area contributed by atoms with Crippen molar-refractivity contribution in [2.24, 2.45) is 0 Å². The van der Waals surface area contributed by atoms with Crippen LogP contribution in [0, 0.1) is 6.92 Å². The average Bonchev–Trinajstić information content (AvgIpc) is 3.03. The Morgan fingerprint density at radius 3 is 2.57 bits per heavy atom. The third-order valence-corrected chi connectivity index (χ3v) is 5.37. The molecule has 148 valence electrons. The van der Waals surface area contributed by atoms with Crippen molar-refractivity contribution in [3.8, 4) is 0 Å². The highest BCUT2D eigenvalue weighted by Crippen LogP contribution is 2.28. The van der Waals surface area contributed by atoms with Gasteiger partial charge in [0, 0.05) is 17.8 Å². The average molecular weight is 380 g/mol. The minimum absolute atomic E-state index is 0.168. The molecule has 0 bridgehead atoms. The Bertz CT molecular complexity index is 959. The van der Waals surface area contributed by atoms with Gasteiger partial charge in [-0.15, -0.1) is 0 Å². The van der Waals surface area contributed by atoms with E-state index in [4.69, 9.17) is 9.97 Å². The molecule has 2 aromatic heterocycles. The van der Waals surface area contributed by atoms with Crippen molar-refractivity contribution in [2.75, 3.05) is 10.6 Å². The first-order chi connectivity index (χ1) is 13.5. The summed E-state index contributed by atoms with van der Waals surface area (Å²) in [6.07, 6.45) is 5.14. The number of nitrogens with zero attached hydrogens (tertiary/aromatic N) is 4. The van der Waals surface area contributed by atoms with Gasteiger partial charge in [0.25, 0.3) is 0 Å². The van der Waals surface area contributed by atoms with Crippen LogP contribution in [0.1, 0.15) is 51.1 Å². The summed E-state index contributed by atoms with van der Waals surface area (Å²) in [7, 11) is 0. The largest absolute Gasteiger partial charge is 0.393 e. The van der Waals surface area contributed by atoms with E-state index in [0.29, 0.717) is 12.0 Å². The van der Waals surface area contributed by atoms with Crippen LogP contribution in [0.5, 0.6) is 0 Å². The first-order valence-electron chi connectivity index (χ1n) is 10.0. The van der Waals surface area contributed by atoms with E-state index in [-0.39, 0.29) is 12.1 Å². The molecule has 0 atom stereocenters. The monoisotopic (exact) mass is 380 g/mol. The fourth-order valence-corrected chi connectivity index (χ4v) is 3.77. The zero-order valence-corrected chi connectivity index (χ0v) is 16.7. The smallest absolute Gasteiger partial charge is 0.224 e. The van der Waals surface area contributed by atoms with Gasteiger partial charge in [-0.25, -0.2) is 9.97 Å². The van der Waals surface area contributed by atoms with Gasteiger partial charge in [-0.05, 0) is 58.1 Å². The molecule has 1 fully saturated rings. The third kappa shape index (κ3) is 3.80. The molecule has 2 heterocycles. The summed E-state index contributed by atoms with van der Waals surface area (Å²) in [5.41, 5.74) is 3.79. The molecule has 3 N–H and O–H groups in total. The molecule has 1 saturated carbocycles. The molecule has 0 saturated heterocycles. The molecule has 7 heteroatoms. The summed E-state index contributed by atoms with van der Waals surface area (Å²) in [6.45, 7) is 6.33. The predicted octanol–water partition coefficient (Wildman–Crippen LogP) is 4.17. The van der Waals surface area contributed by atoms with E-state index < -0.39 is 0 Å². The highest BCUT2D eigenvalue weighted by Gasteiger charge is 2.21. The third-order valence-electron chi connectivity index (χ3n) is 5.37. The lowest BCUT2D eigenvalue weighted by Gasteiger charge is -2.26. The molecule has 3 aromatic rings. The van der Waals surface area contributed by atoms with Crippen LogP contribution in [-0.2, 0) is 0 Å². The van der Waals surface area contributed by atoms with Crippen LogP contribution in [0.4, 0.5) is 17.6 Å². The number of rotatable bonds is 5. The molecule has 1 aliphatic rings. The molecular weight excluding hydrogens is 352 g/mol. The summed E-state index contributed by atoms with van der Waals surface area (Å²) in [5.74, 6) is 1.39. The van der Waals surface area contributed by atoms with Crippen LogP contribution in [0.2, 0.25) is 0 Å². The second-order valence-corrected chi connectivity index (χ2v) is 7.89. The van der Waals surface area contributed by atoms with Crippen molar-refractivity contribution in [2.45, 2.75) is 64.6 Å². The first kappa shape index (κ1) is 18.7. The van der Waals surface area contributed by atoms with Crippen molar-refractivity contribution in [3.63, 3.8) is 0 Å². The number of imidazole rings is 1. The normalized spacial score (nSPS) is 19.9. The van der Waals surface area contributed by atoms with E-state index in [0.717, 1.165) is 54.0 Å². The first-order valence-corrected chi connectivity index (χ1v) is 10.0. The Kier molecular flexibility index (Phi) is 5.17. The summed E-state index contributed by atoms with van der Waals surface area (Å²) < 4.78 is 2.11. The summed E-state index contributed by atoms with van der Waals surface area (Å²) in [4.78, 5) is 14.0. The fraction of sp³-hybridized carbons (Fsp3) is 0.476. The topological polar surface area (TPSA) is 87.9 Å². The summed E-state index contributed by atoms with van der Waals surface area (Å²) in [6, 6.07) is 8.67. The second-order valence-electron chi connectivity index (χ2n) is 7.89. The van der Waals surface area contributed by atoms with Gasteiger partial charge >= 0.3 is 0 Å². The number of nitrogens with one attached hydrogen (secondary N) is 2. The molecule has 0 unspecified atom stereocenters. The Hall–Kier alpha value is -2.67. The Morgan fingerprint density at radius 2 is 1.86 bits per heavy atom. The van der Waals surface area contributed by atoms with E-state index in [1.54, 1.807) is 6.20 Å². The number of fused-ring (bicyclic) bond motifs is 1. The van der Waals surface area contributed by atoms with E-state index in [9.17, 15) is 5.11 Å². The predicted molar refractivity (Wildman–Crippen MR) is 112 cm³/mol. The lowest BCUT2D eigenvalue weighted by molar-refractivity contribution is 0.126. The van der Waals surface area contributed by atoms with Crippen LogP contribution in [0.25, 0.3) is 11.2 Å². The number of aryl methyl sites for hydroxylation is 1. The lowest BCUT2D eigenvalue weighted by atomic mass is 9.93. The molecule has 28 heavy (non-hydrogen) atoms. The number of aliphatic hydroxyl groups excluding tert-OH is 1. The second kappa shape index (κ2) is 7.75. The van der Waals surface area contributed by atoms with Crippen LogP contribution in [0.15, 0.2) is 30.5 Å². The Morgan fingerprint density at radius 1 is 1.11 bits per heavy atom. The maximum Gasteiger partial charge on any atom is 0.224 e. The van der Waals surface area contributed by atoms with Gasteiger partial charge < -0.3 is 15.7 Å². The Balaban J connectivity index is 1.64. The van der Waals surface area contributed by atoms with Crippen molar-refractivity contribution in [1.82, 2.24) is 19.5 Å². The lowest BCUT2D eigenvalue weighted by Crippen LogP contribution is -2.28. The maximum atomic E-state index is 9.70. The summed E-state index contributed by atoms with van der Waals surface area (Å²) >= 11 is 0. The standard InChI is InChI=1S/C21H28N6O/c1-13(2)27-19-18(25-21(27)24-17-7-5-4-6-14(17)3)12-22-20(26-19)23-15-8-10-16(28)11-9-15/h4-7,12-13,15-16,28H,8-11H2,1-3H3,(H,24,25)(H,22,23,26). The number of hydrogen-bond donors (Lipinski definition) is 3. The minimum Gasteiger partial charge on any atom is -0.393 e. The molecular formula is C21H28N6O. The number of para-hydroxylation sites is 1. The zero-order valence-electron chi connectivity index (χ0n) is 16.7. The number of hydrogen-bond acceptors (Lipinski definition) is 6. The van der Waals surface area contributed by atoms with Crippen LogP contribution < -0.4 is 10.6 Å². The van der Waals surface area contributed by atoms with Gasteiger partial charge in [-0.2, -0.15) is 4.98 Å². The minimum atomic E-state index is -0.168. The molecule has 7 nitrogen and oxygen atoms in total. The van der Waals surface area contributed by atoms with Gasteiger partial charge in [0.05, 0.1) is 12.3 Å². The number of aliphatic hydroxyl groups is 1. The van der Waals surface area contributed by atoms with Gasteiger partial charge in [-0.3, -0.25) is 4.57 Å². The highest BCUT2D eigenvalue weighted by molar-refractivity contribution is 5.77. The van der Waals surface area contributed by atoms with Gasteiger partial charge in [0.15, 0.2) is 5.65 Å². The quantitative estimate of drug-likeness (QED) is 0.616. The van der Waals surface area contributed by atoms with E-state index in [2.05, 4.69) is 53.1 Å². The van der Waals surface area contributed by atoms with E-state index in [1.807, 2.05) is 12.1 Å². The van der Waals surface area contributed by atoms with Crippen molar-refractivity contribution >= 4 is 28.7 Å². The number of anilines is 3. The van der Waals surface area contributed by atoms with Crippen molar-refractivity contribution in [1.29, 1.82) is 0 Å². The molecule has 1 aromatic carbocycles. The van der Waals surface area contributed by atoms with Gasteiger partial charge in [0.1, 0.15) is 5.52 Å². The van der Waals surface area contributed by atoms with Gasteiger partial charge in [-0.1, -0.05) is 18.2 Å². The van der Waals surface area contributed by atoms with Crippen molar-refractivity contribution in [3.05, 3.63) is 36.0 Å². The molecule has 1 aliphatic carbocycles. The van der Waals surface area contributed by atoms with E-state index >= 15 is 0 Å². The SMILES string of the molecule is Cc1ccccc1Nc1nc2cnc(NC3CCC(O)CC3)nc2n1C(C)C.